The van der Waals surface area contributed by atoms with Gasteiger partial charge in [-0.2, -0.15) is 0 Å². The predicted octanol–water partition coefficient (Wildman–Crippen LogP) is 6.22. The fraction of sp³-hybridized carbons (Fsp3) is 0.231. The molecule has 2 aromatic rings. The lowest BCUT2D eigenvalue weighted by molar-refractivity contribution is 1.14. The van der Waals surface area contributed by atoms with Crippen LogP contribution in [-0.4, -0.2) is 0 Å². The van der Waals surface area contributed by atoms with Crippen molar-refractivity contribution in [3.63, 3.8) is 0 Å². The fourth-order valence-corrected chi connectivity index (χ4v) is 4.01. The van der Waals surface area contributed by atoms with E-state index in [1.165, 1.54) is 15.3 Å². The molecule has 0 N–H and O–H groups in total. The van der Waals surface area contributed by atoms with Gasteiger partial charge in [-0.3, -0.25) is 0 Å². The Balaban J connectivity index is 2.42. The quantitative estimate of drug-likeness (QED) is 0.531. The lowest BCUT2D eigenvalue weighted by Crippen LogP contribution is -1.93. The number of halogens is 3. The molecule has 0 spiro atoms. The van der Waals surface area contributed by atoms with Gasteiger partial charge >= 0.3 is 0 Å². The van der Waals surface area contributed by atoms with Crippen LogP contribution < -0.4 is 0 Å². The Bertz CT molecular complexity index is 529. The minimum absolute atomic E-state index is 0.0810. The first-order valence-corrected chi connectivity index (χ1v) is 7.99. The Morgan fingerprint density at radius 2 is 1.88 bits per heavy atom. The topological polar surface area (TPSA) is 0 Å². The lowest BCUT2D eigenvalue weighted by atomic mass is 10.0. The number of aryl methyl sites for hydroxylation is 2. The molecule has 1 atom stereocenters. The van der Waals surface area contributed by atoms with Gasteiger partial charge < -0.3 is 0 Å². The van der Waals surface area contributed by atoms with Crippen LogP contribution in [0.25, 0.3) is 0 Å². The van der Waals surface area contributed by atoms with E-state index in [0.29, 0.717) is 0 Å². The molecule has 0 amide bonds. The van der Waals surface area contributed by atoms with Gasteiger partial charge in [-0.25, -0.2) is 0 Å². The highest BCUT2D eigenvalue weighted by atomic mass is 79.9. The zero-order valence-electron chi connectivity index (χ0n) is 9.43. The van der Waals surface area contributed by atoms with Gasteiger partial charge in [-0.1, -0.05) is 22.0 Å². The monoisotopic (exact) mass is 392 g/mol. The van der Waals surface area contributed by atoms with E-state index in [0.717, 1.165) is 14.5 Å². The smallest absolute Gasteiger partial charge is 0.0931 e. The number of rotatable bonds is 2. The van der Waals surface area contributed by atoms with Crippen LogP contribution in [0.5, 0.6) is 0 Å². The van der Waals surface area contributed by atoms with Crippen LogP contribution in [0, 0.1) is 13.8 Å². The summed E-state index contributed by atoms with van der Waals surface area (Å²) in [4.78, 5) is 2.44. The highest BCUT2D eigenvalue weighted by molar-refractivity contribution is 9.10. The Morgan fingerprint density at radius 3 is 2.47 bits per heavy atom. The minimum Gasteiger partial charge on any atom is -0.143 e. The molecule has 0 nitrogen and oxygen atoms in total. The second kappa shape index (κ2) is 5.43. The summed E-state index contributed by atoms with van der Waals surface area (Å²) in [5, 5.41) is -0.0810. The number of hydrogen-bond donors (Lipinski definition) is 0. The summed E-state index contributed by atoms with van der Waals surface area (Å²) < 4.78 is 2.20. The van der Waals surface area contributed by atoms with Crippen LogP contribution in [0.15, 0.2) is 33.2 Å². The van der Waals surface area contributed by atoms with Crippen LogP contribution in [0.4, 0.5) is 0 Å². The van der Waals surface area contributed by atoms with E-state index in [2.05, 4.69) is 63.9 Å². The first-order valence-electron chi connectivity index (χ1n) is 5.15. The largest absolute Gasteiger partial charge is 0.143 e. The van der Waals surface area contributed by atoms with Crippen molar-refractivity contribution in [1.29, 1.82) is 0 Å². The highest BCUT2D eigenvalue weighted by Gasteiger charge is 2.16. The van der Waals surface area contributed by atoms with E-state index in [9.17, 15) is 0 Å². The summed E-state index contributed by atoms with van der Waals surface area (Å²) in [6.45, 7) is 4.18. The highest BCUT2D eigenvalue weighted by Crippen LogP contribution is 2.39. The van der Waals surface area contributed by atoms with Crippen molar-refractivity contribution in [1.82, 2.24) is 0 Å². The van der Waals surface area contributed by atoms with E-state index in [1.54, 1.807) is 11.3 Å². The van der Waals surface area contributed by atoms with Gasteiger partial charge in [0.1, 0.15) is 0 Å². The van der Waals surface area contributed by atoms with Crippen molar-refractivity contribution in [2.24, 2.45) is 0 Å². The Labute approximate surface area is 127 Å². The van der Waals surface area contributed by atoms with Crippen LogP contribution in [0.1, 0.15) is 26.3 Å². The van der Waals surface area contributed by atoms with E-state index in [-0.39, 0.29) is 5.38 Å². The molecule has 17 heavy (non-hydrogen) atoms. The molecule has 1 aromatic carbocycles. The Kier molecular flexibility index (Phi) is 4.35. The fourth-order valence-electron chi connectivity index (χ4n) is 1.64. The second-order valence-electron chi connectivity index (χ2n) is 3.92. The van der Waals surface area contributed by atoms with Crippen molar-refractivity contribution in [2.75, 3.05) is 0 Å². The molecule has 0 radical (unpaired) electrons. The van der Waals surface area contributed by atoms with Gasteiger partial charge in [0.25, 0.3) is 0 Å². The Morgan fingerprint density at radius 1 is 1.18 bits per heavy atom. The molecule has 0 saturated carbocycles. The van der Waals surface area contributed by atoms with Crippen molar-refractivity contribution in [3.8, 4) is 0 Å². The summed E-state index contributed by atoms with van der Waals surface area (Å²) in [6.07, 6.45) is 0. The van der Waals surface area contributed by atoms with Crippen LogP contribution in [0.2, 0.25) is 0 Å². The van der Waals surface area contributed by atoms with Gasteiger partial charge in [0, 0.05) is 18.7 Å². The first-order chi connectivity index (χ1) is 7.99. The van der Waals surface area contributed by atoms with Gasteiger partial charge in [-0.15, -0.1) is 22.9 Å². The van der Waals surface area contributed by atoms with Gasteiger partial charge in [0.2, 0.25) is 0 Å². The molecule has 0 aliphatic rings. The number of hydrogen-bond acceptors (Lipinski definition) is 1. The maximum Gasteiger partial charge on any atom is 0.0931 e. The van der Waals surface area contributed by atoms with E-state index >= 15 is 0 Å². The normalized spacial score (nSPS) is 12.8. The summed E-state index contributed by atoms with van der Waals surface area (Å²) in [5.41, 5.74) is 2.38. The Hall–Kier alpha value is 0.170. The number of alkyl halides is 1. The zero-order chi connectivity index (χ0) is 12.6. The molecule has 0 aliphatic heterocycles. The van der Waals surface area contributed by atoms with E-state index in [1.807, 2.05) is 6.07 Å². The summed E-state index contributed by atoms with van der Waals surface area (Å²) >= 11 is 15.3. The van der Waals surface area contributed by atoms with E-state index in [4.69, 9.17) is 11.6 Å². The molecular weight excluding hydrogens is 383 g/mol. The minimum atomic E-state index is -0.0810. The average Bonchev–Trinajstić information content (AvgIpc) is 2.62. The molecule has 1 heterocycles. The number of thiophene rings is 1. The maximum absolute atomic E-state index is 6.56. The SMILES string of the molecule is Cc1ccc(Br)cc1C(Cl)c1cc(Br)c(C)s1. The molecule has 0 saturated heterocycles. The maximum atomic E-state index is 6.56. The molecule has 1 unspecified atom stereocenters. The molecular formula is C13H11Br2ClS. The number of benzene rings is 1. The van der Waals surface area contributed by atoms with Crippen LogP contribution in [0.3, 0.4) is 0 Å². The molecule has 0 fully saturated rings. The third kappa shape index (κ3) is 2.95. The molecule has 0 bridgehead atoms. The van der Waals surface area contributed by atoms with Crippen molar-refractivity contribution >= 4 is 54.8 Å². The first kappa shape index (κ1) is 13.6. The summed E-state index contributed by atoms with van der Waals surface area (Å²) in [5.74, 6) is 0. The zero-order valence-corrected chi connectivity index (χ0v) is 14.2. The molecule has 1 aromatic heterocycles. The molecule has 4 heteroatoms. The standard InChI is InChI=1S/C13H11Br2ClS/c1-7-3-4-9(14)5-10(7)13(16)12-6-11(15)8(2)17-12/h3-6,13H,1-2H3. The van der Waals surface area contributed by atoms with Crippen molar-refractivity contribution < 1.29 is 0 Å². The average molecular weight is 395 g/mol. The lowest BCUT2D eigenvalue weighted by Gasteiger charge is -2.11. The van der Waals surface area contributed by atoms with Gasteiger partial charge in [-0.05, 0) is 59.1 Å². The summed E-state index contributed by atoms with van der Waals surface area (Å²) in [6, 6.07) is 8.33. The third-order valence-corrected chi connectivity index (χ3v) is 5.93. The van der Waals surface area contributed by atoms with Gasteiger partial charge in [0.15, 0.2) is 0 Å². The molecule has 0 aliphatic carbocycles. The third-order valence-electron chi connectivity index (χ3n) is 2.64. The van der Waals surface area contributed by atoms with Gasteiger partial charge in [0.05, 0.1) is 5.38 Å². The molecule has 90 valence electrons. The predicted molar refractivity (Wildman–Crippen MR) is 83.3 cm³/mol. The van der Waals surface area contributed by atoms with Crippen LogP contribution >= 0.6 is 54.8 Å². The van der Waals surface area contributed by atoms with Crippen molar-refractivity contribution in [3.05, 3.63) is 54.1 Å². The van der Waals surface area contributed by atoms with E-state index < -0.39 is 0 Å². The molecule has 2 rings (SSSR count). The summed E-state index contributed by atoms with van der Waals surface area (Å²) in [7, 11) is 0. The second-order valence-corrected chi connectivity index (χ2v) is 7.41. The van der Waals surface area contributed by atoms with Crippen molar-refractivity contribution in [2.45, 2.75) is 19.2 Å². The van der Waals surface area contributed by atoms with Crippen LogP contribution in [-0.2, 0) is 0 Å².